The lowest BCUT2D eigenvalue weighted by Crippen LogP contribution is -2.34. The summed E-state index contributed by atoms with van der Waals surface area (Å²) >= 11 is 0. The fourth-order valence-corrected chi connectivity index (χ4v) is 5.70. The number of nitrogens with one attached hydrogen (secondary N) is 1. The highest BCUT2D eigenvalue weighted by Gasteiger charge is 2.28. The van der Waals surface area contributed by atoms with E-state index in [2.05, 4.69) is 84.2 Å². The Morgan fingerprint density at radius 2 is 1.74 bits per heavy atom. The first-order valence-corrected chi connectivity index (χ1v) is 13.7. The number of aromatic nitrogens is 4. The summed E-state index contributed by atoms with van der Waals surface area (Å²) in [6.07, 6.45) is 6.96. The van der Waals surface area contributed by atoms with Crippen LogP contribution in [0.5, 0.6) is 5.75 Å². The Morgan fingerprint density at radius 1 is 0.974 bits per heavy atom. The topological polar surface area (TPSA) is 66.9 Å². The van der Waals surface area contributed by atoms with Gasteiger partial charge in [0, 0.05) is 42.2 Å². The Labute approximate surface area is 224 Å². The molecule has 1 aliphatic heterocycles. The molecule has 0 bridgehead atoms. The van der Waals surface area contributed by atoms with Gasteiger partial charge in [-0.1, -0.05) is 42.0 Å². The Balaban J connectivity index is 1.18. The fourth-order valence-electron chi connectivity index (χ4n) is 5.70. The molecule has 6 rings (SSSR count). The van der Waals surface area contributed by atoms with Crippen molar-refractivity contribution >= 4 is 17.5 Å². The molecule has 3 heterocycles. The molecule has 4 aromatic rings. The predicted molar refractivity (Wildman–Crippen MR) is 154 cm³/mol. The van der Waals surface area contributed by atoms with E-state index in [9.17, 15) is 0 Å². The lowest BCUT2D eigenvalue weighted by atomic mass is 9.96. The molecule has 1 saturated heterocycles. The quantitative estimate of drug-likeness (QED) is 0.317. The van der Waals surface area contributed by atoms with Crippen molar-refractivity contribution in [2.45, 2.75) is 52.9 Å². The van der Waals surface area contributed by atoms with Crippen molar-refractivity contribution in [1.82, 2.24) is 19.9 Å². The van der Waals surface area contributed by atoms with E-state index >= 15 is 0 Å². The molecule has 2 aromatic carbocycles. The van der Waals surface area contributed by atoms with Gasteiger partial charge in [-0.15, -0.1) is 0 Å². The summed E-state index contributed by atoms with van der Waals surface area (Å²) in [5.41, 5.74) is 10.6. The summed E-state index contributed by atoms with van der Waals surface area (Å²) in [5, 5.41) is 0. The third kappa shape index (κ3) is 4.60. The Morgan fingerprint density at radius 3 is 2.50 bits per heavy atom. The minimum Gasteiger partial charge on any atom is -0.494 e. The first-order chi connectivity index (χ1) is 18.5. The molecule has 0 spiro atoms. The zero-order valence-corrected chi connectivity index (χ0v) is 22.7. The lowest BCUT2D eigenvalue weighted by molar-refractivity contribution is 0.338. The maximum absolute atomic E-state index is 5.83. The zero-order chi connectivity index (χ0) is 26.2. The van der Waals surface area contributed by atoms with Gasteiger partial charge in [-0.05, 0) is 69.4 Å². The molecule has 1 fully saturated rings. The van der Waals surface area contributed by atoms with Crippen LogP contribution in [0.25, 0.3) is 22.9 Å². The normalized spacial score (nSPS) is 15.5. The van der Waals surface area contributed by atoms with Gasteiger partial charge in [0.25, 0.3) is 0 Å². The number of nitrogens with zero attached hydrogens (tertiary/aromatic N) is 4. The summed E-state index contributed by atoms with van der Waals surface area (Å²) in [6.45, 7) is 10.9. The first-order valence-electron chi connectivity index (χ1n) is 13.7. The van der Waals surface area contributed by atoms with Crippen LogP contribution < -0.4 is 9.64 Å². The van der Waals surface area contributed by atoms with Gasteiger partial charge in [0.1, 0.15) is 23.7 Å². The number of allylic oxidation sites excluding steroid dienone is 1. The van der Waals surface area contributed by atoms with Gasteiger partial charge in [0.2, 0.25) is 0 Å². The molecule has 0 unspecified atom stereocenters. The molecule has 1 N–H and O–H groups in total. The molecule has 194 valence electrons. The highest BCUT2D eigenvalue weighted by Crippen LogP contribution is 2.38. The molecular weight excluding hydrogens is 470 g/mol. The number of ether oxygens (including phenoxy) is 1. The number of anilines is 1. The second-order valence-electron chi connectivity index (χ2n) is 10.5. The molecule has 2 aromatic heterocycles. The second kappa shape index (κ2) is 10.1. The molecular formula is C32H35N5O. The Bertz CT molecular complexity index is 1490. The lowest BCUT2D eigenvalue weighted by Gasteiger charge is -2.32. The van der Waals surface area contributed by atoms with E-state index in [1.807, 2.05) is 6.92 Å². The van der Waals surface area contributed by atoms with Crippen LogP contribution in [-0.4, -0.2) is 39.6 Å². The summed E-state index contributed by atoms with van der Waals surface area (Å²) in [4.78, 5) is 20.5. The molecule has 38 heavy (non-hydrogen) atoms. The van der Waals surface area contributed by atoms with Crippen LogP contribution in [0.1, 0.15) is 65.1 Å². The van der Waals surface area contributed by atoms with E-state index in [0.29, 0.717) is 12.5 Å². The number of aromatic amines is 1. The van der Waals surface area contributed by atoms with E-state index in [0.717, 1.165) is 78.0 Å². The zero-order valence-electron chi connectivity index (χ0n) is 22.7. The minimum atomic E-state index is 0.407. The molecule has 2 aliphatic rings. The van der Waals surface area contributed by atoms with Crippen LogP contribution in [-0.2, 0) is 6.42 Å². The number of H-pyrrole nitrogens is 1. The van der Waals surface area contributed by atoms with Gasteiger partial charge in [0.15, 0.2) is 0 Å². The van der Waals surface area contributed by atoms with Gasteiger partial charge < -0.3 is 14.6 Å². The van der Waals surface area contributed by atoms with Gasteiger partial charge in [0.05, 0.1) is 18.0 Å². The standard InChI is InChI=1S/C32H35N5O/c1-5-38-29-18-25(11-8-21(29)3)30-22(4)35-31(36-30)24-12-14-37(15-13-24)32-27-16-26(17-28(27)33-19-34-32)23-9-6-20(2)7-10-23/h6-11,16,18-19,24H,5,12-15,17H2,1-4H3,(H,35,36). The second-order valence-corrected chi connectivity index (χ2v) is 10.5. The van der Waals surface area contributed by atoms with Crippen LogP contribution >= 0.6 is 0 Å². The van der Waals surface area contributed by atoms with Crippen molar-refractivity contribution in [2.24, 2.45) is 0 Å². The highest BCUT2D eigenvalue weighted by molar-refractivity contribution is 5.91. The van der Waals surface area contributed by atoms with Gasteiger partial charge in [-0.2, -0.15) is 0 Å². The smallest absolute Gasteiger partial charge is 0.139 e. The molecule has 0 amide bonds. The maximum Gasteiger partial charge on any atom is 0.139 e. The summed E-state index contributed by atoms with van der Waals surface area (Å²) in [5.74, 6) is 3.49. The van der Waals surface area contributed by atoms with Crippen molar-refractivity contribution in [2.75, 3.05) is 24.6 Å². The largest absolute Gasteiger partial charge is 0.494 e. The van der Waals surface area contributed by atoms with E-state index < -0.39 is 0 Å². The van der Waals surface area contributed by atoms with E-state index in [-0.39, 0.29) is 0 Å². The van der Waals surface area contributed by atoms with Crippen molar-refractivity contribution < 1.29 is 4.74 Å². The summed E-state index contributed by atoms with van der Waals surface area (Å²) < 4.78 is 5.83. The predicted octanol–water partition coefficient (Wildman–Crippen LogP) is 6.67. The average molecular weight is 506 g/mol. The third-order valence-electron chi connectivity index (χ3n) is 7.89. The van der Waals surface area contributed by atoms with Crippen molar-refractivity contribution in [3.63, 3.8) is 0 Å². The van der Waals surface area contributed by atoms with Crippen molar-refractivity contribution in [1.29, 1.82) is 0 Å². The fraction of sp³-hybridized carbons (Fsp3) is 0.344. The highest BCUT2D eigenvalue weighted by atomic mass is 16.5. The minimum absolute atomic E-state index is 0.407. The molecule has 0 atom stereocenters. The van der Waals surface area contributed by atoms with Gasteiger partial charge in [-0.25, -0.2) is 15.0 Å². The Kier molecular flexibility index (Phi) is 6.48. The van der Waals surface area contributed by atoms with Gasteiger partial charge in [-0.3, -0.25) is 0 Å². The number of imidazole rings is 1. The number of rotatable bonds is 6. The van der Waals surface area contributed by atoms with Crippen LogP contribution in [0.15, 0.2) is 48.8 Å². The third-order valence-corrected chi connectivity index (χ3v) is 7.89. The van der Waals surface area contributed by atoms with Crippen LogP contribution in [0, 0.1) is 20.8 Å². The van der Waals surface area contributed by atoms with Crippen LogP contribution in [0.3, 0.4) is 0 Å². The number of aryl methyl sites for hydroxylation is 3. The number of fused-ring (bicyclic) bond motifs is 1. The summed E-state index contributed by atoms with van der Waals surface area (Å²) in [7, 11) is 0. The monoisotopic (exact) mass is 505 g/mol. The van der Waals surface area contributed by atoms with Crippen molar-refractivity contribution in [3.05, 3.63) is 88.3 Å². The van der Waals surface area contributed by atoms with Crippen LogP contribution in [0.4, 0.5) is 5.82 Å². The first kappa shape index (κ1) is 24.4. The molecule has 1 aliphatic carbocycles. The molecule has 0 saturated carbocycles. The van der Waals surface area contributed by atoms with E-state index in [1.54, 1.807) is 6.33 Å². The van der Waals surface area contributed by atoms with Crippen LogP contribution in [0.2, 0.25) is 0 Å². The Hall–Kier alpha value is -3.93. The number of hydrogen-bond donors (Lipinski definition) is 1. The molecule has 6 nitrogen and oxygen atoms in total. The van der Waals surface area contributed by atoms with E-state index in [1.165, 1.54) is 22.3 Å². The summed E-state index contributed by atoms with van der Waals surface area (Å²) in [6, 6.07) is 15.1. The SMILES string of the molecule is CCOc1cc(-c2nc(C3CCN(c4ncnc5c4C=C(c4ccc(C)cc4)C5)CC3)[nH]c2C)ccc1C. The number of piperidine rings is 1. The number of benzene rings is 2. The van der Waals surface area contributed by atoms with E-state index in [4.69, 9.17) is 14.7 Å². The number of hydrogen-bond acceptors (Lipinski definition) is 5. The van der Waals surface area contributed by atoms with Crippen molar-refractivity contribution in [3.8, 4) is 17.0 Å². The van der Waals surface area contributed by atoms with Gasteiger partial charge >= 0.3 is 0 Å². The average Bonchev–Trinajstić information content (AvgIpc) is 3.54. The molecule has 0 radical (unpaired) electrons. The maximum atomic E-state index is 5.83. The molecule has 6 heteroatoms.